The number of benzene rings is 1. The lowest BCUT2D eigenvalue weighted by atomic mass is 10.1. The topological polar surface area (TPSA) is 63.4 Å². The van der Waals surface area contributed by atoms with Gasteiger partial charge in [-0.2, -0.15) is 0 Å². The standard InChI is InChI=1S/C15H24N2O2S.ClH/c1-11(16)5-10-15(18)17(3)12(2)13-6-8-14(9-7-13)20(4)19;/h6-9,11-12H,5,10,16H2,1-4H3;1H. The molecular formula is C15H25ClN2O2S. The molecule has 3 unspecified atom stereocenters. The van der Waals surface area contributed by atoms with Gasteiger partial charge in [0.25, 0.3) is 0 Å². The molecule has 0 heterocycles. The van der Waals surface area contributed by atoms with Gasteiger partial charge in [0.2, 0.25) is 5.91 Å². The first-order valence-corrected chi connectivity index (χ1v) is 8.33. The number of nitrogens with two attached hydrogens (primary N) is 1. The predicted molar refractivity (Wildman–Crippen MR) is 90.1 cm³/mol. The van der Waals surface area contributed by atoms with Crippen LogP contribution in [0.3, 0.4) is 0 Å². The molecule has 4 nitrogen and oxygen atoms in total. The smallest absolute Gasteiger partial charge is 0.222 e. The molecule has 1 aromatic carbocycles. The molecule has 120 valence electrons. The van der Waals surface area contributed by atoms with Crippen LogP contribution in [0.25, 0.3) is 0 Å². The van der Waals surface area contributed by atoms with Gasteiger partial charge >= 0.3 is 0 Å². The summed E-state index contributed by atoms with van der Waals surface area (Å²) in [5, 5.41) is 0. The van der Waals surface area contributed by atoms with Crippen molar-refractivity contribution in [3.63, 3.8) is 0 Å². The Morgan fingerprint density at radius 3 is 2.24 bits per heavy atom. The summed E-state index contributed by atoms with van der Waals surface area (Å²) in [6.45, 7) is 3.89. The molecule has 0 saturated heterocycles. The summed E-state index contributed by atoms with van der Waals surface area (Å²) < 4.78 is 11.4. The second kappa shape index (κ2) is 9.18. The van der Waals surface area contributed by atoms with Crippen molar-refractivity contribution in [1.29, 1.82) is 0 Å². The Bertz CT molecular complexity index is 477. The third-order valence-corrected chi connectivity index (χ3v) is 4.42. The molecule has 1 amide bonds. The van der Waals surface area contributed by atoms with Crippen molar-refractivity contribution >= 4 is 29.1 Å². The van der Waals surface area contributed by atoms with E-state index in [1.54, 1.807) is 18.2 Å². The van der Waals surface area contributed by atoms with Crippen LogP contribution in [0.4, 0.5) is 0 Å². The van der Waals surface area contributed by atoms with Crippen LogP contribution in [0.15, 0.2) is 29.2 Å². The number of halogens is 1. The molecule has 21 heavy (non-hydrogen) atoms. The van der Waals surface area contributed by atoms with Crippen LogP contribution < -0.4 is 5.73 Å². The fourth-order valence-corrected chi connectivity index (χ4v) is 2.42. The van der Waals surface area contributed by atoms with Gasteiger partial charge in [0, 0.05) is 41.5 Å². The summed E-state index contributed by atoms with van der Waals surface area (Å²) in [5.41, 5.74) is 6.71. The highest BCUT2D eigenvalue weighted by Crippen LogP contribution is 2.21. The van der Waals surface area contributed by atoms with Gasteiger partial charge in [0.05, 0.1) is 6.04 Å². The Hall–Kier alpha value is -0.910. The molecule has 0 fully saturated rings. The first-order valence-electron chi connectivity index (χ1n) is 6.77. The van der Waals surface area contributed by atoms with Crippen molar-refractivity contribution < 1.29 is 9.00 Å². The third kappa shape index (κ3) is 6.16. The Morgan fingerprint density at radius 1 is 1.29 bits per heavy atom. The lowest BCUT2D eigenvalue weighted by molar-refractivity contribution is -0.132. The zero-order chi connectivity index (χ0) is 15.3. The number of hydrogen-bond acceptors (Lipinski definition) is 3. The Balaban J connectivity index is 0.00000400. The zero-order valence-electron chi connectivity index (χ0n) is 13.0. The number of carbonyl (C=O) groups is 1. The van der Waals surface area contributed by atoms with Gasteiger partial charge in [-0.05, 0) is 38.0 Å². The fraction of sp³-hybridized carbons (Fsp3) is 0.533. The summed E-state index contributed by atoms with van der Waals surface area (Å²) in [6, 6.07) is 7.59. The van der Waals surface area contributed by atoms with Gasteiger partial charge < -0.3 is 10.6 Å². The highest BCUT2D eigenvalue weighted by atomic mass is 35.5. The molecule has 0 aliphatic heterocycles. The third-order valence-electron chi connectivity index (χ3n) is 3.48. The van der Waals surface area contributed by atoms with Crippen molar-refractivity contribution in [2.45, 2.75) is 43.7 Å². The summed E-state index contributed by atoms with van der Waals surface area (Å²) in [4.78, 5) is 14.6. The Morgan fingerprint density at radius 2 is 1.81 bits per heavy atom. The lowest BCUT2D eigenvalue weighted by Gasteiger charge is -2.26. The van der Waals surface area contributed by atoms with Crippen LogP contribution in [0, 0.1) is 0 Å². The molecule has 1 rings (SSSR count). The number of rotatable bonds is 6. The largest absolute Gasteiger partial charge is 0.339 e. The van der Waals surface area contributed by atoms with E-state index in [2.05, 4.69) is 0 Å². The molecule has 6 heteroatoms. The molecule has 0 spiro atoms. The molecule has 0 aromatic heterocycles. The van der Waals surface area contributed by atoms with Crippen LogP contribution in [0.2, 0.25) is 0 Å². The van der Waals surface area contributed by atoms with Gasteiger partial charge in [-0.25, -0.2) is 0 Å². The van der Waals surface area contributed by atoms with Crippen molar-refractivity contribution in [2.75, 3.05) is 13.3 Å². The van der Waals surface area contributed by atoms with Crippen molar-refractivity contribution in [3.8, 4) is 0 Å². The SMILES string of the molecule is CC(N)CCC(=O)N(C)C(C)c1ccc(S(C)=O)cc1.Cl. The summed E-state index contributed by atoms with van der Waals surface area (Å²) in [6.07, 6.45) is 2.82. The Kier molecular flexibility index (Phi) is 8.78. The number of nitrogens with zero attached hydrogens (tertiary/aromatic N) is 1. The summed E-state index contributed by atoms with van der Waals surface area (Å²) in [5.74, 6) is 0.0953. The average Bonchev–Trinajstić information content (AvgIpc) is 2.43. The number of carbonyl (C=O) groups excluding carboxylic acids is 1. The quantitative estimate of drug-likeness (QED) is 0.870. The molecule has 0 saturated carbocycles. The van der Waals surface area contributed by atoms with E-state index >= 15 is 0 Å². The van der Waals surface area contributed by atoms with Crippen LogP contribution in [-0.2, 0) is 15.6 Å². The van der Waals surface area contributed by atoms with Gasteiger partial charge in [-0.3, -0.25) is 9.00 Å². The van der Waals surface area contributed by atoms with E-state index in [4.69, 9.17) is 5.73 Å². The summed E-state index contributed by atoms with van der Waals surface area (Å²) in [7, 11) is 0.833. The van der Waals surface area contributed by atoms with E-state index in [0.717, 1.165) is 10.5 Å². The highest BCUT2D eigenvalue weighted by Gasteiger charge is 2.17. The minimum atomic E-state index is -0.973. The zero-order valence-corrected chi connectivity index (χ0v) is 14.7. The molecule has 0 radical (unpaired) electrons. The van der Waals surface area contributed by atoms with Gasteiger partial charge in [-0.15, -0.1) is 12.4 Å². The first-order chi connectivity index (χ1) is 9.32. The maximum Gasteiger partial charge on any atom is 0.222 e. The minimum Gasteiger partial charge on any atom is -0.339 e. The monoisotopic (exact) mass is 332 g/mol. The Labute approximate surface area is 136 Å². The minimum absolute atomic E-state index is 0. The van der Waals surface area contributed by atoms with Crippen LogP contribution in [0.1, 0.15) is 38.3 Å². The molecular weight excluding hydrogens is 308 g/mol. The normalized spacial score (nSPS) is 14.7. The molecule has 0 aliphatic carbocycles. The average molecular weight is 333 g/mol. The first kappa shape index (κ1) is 20.1. The lowest BCUT2D eigenvalue weighted by Crippen LogP contribution is -2.30. The molecule has 1 aromatic rings. The van der Waals surface area contributed by atoms with E-state index in [1.165, 1.54) is 0 Å². The molecule has 0 aliphatic rings. The van der Waals surface area contributed by atoms with E-state index in [0.29, 0.717) is 12.8 Å². The number of hydrogen-bond donors (Lipinski definition) is 1. The van der Waals surface area contributed by atoms with E-state index in [1.807, 2.05) is 38.1 Å². The van der Waals surface area contributed by atoms with Crippen LogP contribution in [0.5, 0.6) is 0 Å². The fourth-order valence-electron chi connectivity index (χ4n) is 1.91. The van der Waals surface area contributed by atoms with Gasteiger partial charge in [-0.1, -0.05) is 12.1 Å². The highest BCUT2D eigenvalue weighted by molar-refractivity contribution is 7.84. The van der Waals surface area contributed by atoms with Crippen molar-refractivity contribution in [3.05, 3.63) is 29.8 Å². The number of amides is 1. The van der Waals surface area contributed by atoms with E-state index < -0.39 is 10.8 Å². The molecule has 3 atom stereocenters. The maximum atomic E-state index is 12.1. The van der Waals surface area contributed by atoms with Crippen LogP contribution in [-0.4, -0.2) is 34.4 Å². The molecule has 0 bridgehead atoms. The van der Waals surface area contributed by atoms with E-state index in [-0.39, 0.29) is 30.4 Å². The maximum absolute atomic E-state index is 12.1. The van der Waals surface area contributed by atoms with E-state index in [9.17, 15) is 9.00 Å². The van der Waals surface area contributed by atoms with Crippen molar-refractivity contribution in [1.82, 2.24) is 4.90 Å². The second-order valence-electron chi connectivity index (χ2n) is 5.22. The van der Waals surface area contributed by atoms with Gasteiger partial charge in [0.15, 0.2) is 0 Å². The molecule has 2 N–H and O–H groups in total. The predicted octanol–water partition coefficient (Wildman–Crippen LogP) is 2.49. The van der Waals surface area contributed by atoms with Crippen LogP contribution >= 0.6 is 12.4 Å². The second-order valence-corrected chi connectivity index (χ2v) is 6.60. The van der Waals surface area contributed by atoms with Crippen molar-refractivity contribution in [2.24, 2.45) is 5.73 Å². The summed E-state index contributed by atoms with van der Waals surface area (Å²) >= 11 is 0. The van der Waals surface area contributed by atoms with Gasteiger partial charge in [0.1, 0.15) is 0 Å².